The summed E-state index contributed by atoms with van der Waals surface area (Å²) in [5, 5.41) is 0. The van der Waals surface area contributed by atoms with Crippen molar-refractivity contribution >= 4 is 11.7 Å². The Bertz CT molecular complexity index is 465. The summed E-state index contributed by atoms with van der Waals surface area (Å²) in [6.07, 6.45) is 1.24. The maximum Gasteiger partial charge on any atom is 0.219 e. The maximum atomic E-state index is 13.5. The van der Waals surface area contributed by atoms with Crippen LogP contribution in [0.1, 0.15) is 30.1 Å². The highest BCUT2D eigenvalue weighted by Gasteiger charge is 2.27. The fraction of sp³-hybridized carbons (Fsp3) is 0.429. The van der Waals surface area contributed by atoms with Gasteiger partial charge in [0.25, 0.3) is 0 Å². The predicted octanol–water partition coefficient (Wildman–Crippen LogP) is 2.27. The van der Waals surface area contributed by atoms with Crippen LogP contribution in [0.2, 0.25) is 0 Å². The van der Waals surface area contributed by atoms with Crippen molar-refractivity contribution < 1.29 is 14.0 Å². The molecule has 1 aliphatic rings. The van der Waals surface area contributed by atoms with Crippen LogP contribution in [0.25, 0.3) is 0 Å². The monoisotopic (exact) mass is 249 g/mol. The van der Waals surface area contributed by atoms with Gasteiger partial charge in [-0.3, -0.25) is 9.59 Å². The minimum atomic E-state index is -0.462. The Balaban J connectivity index is 2.04. The quantitative estimate of drug-likeness (QED) is 0.754. The molecule has 2 rings (SSSR count). The highest BCUT2D eigenvalue weighted by Crippen LogP contribution is 2.23. The first-order valence-electron chi connectivity index (χ1n) is 6.14. The Hall–Kier alpha value is -1.71. The first-order valence-corrected chi connectivity index (χ1v) is 6.14. The Kier molecular flexibility index (Phi) is 3.75. The van der Waals surface area contributed by atoms with Gasteiger partial charge < -0.3 is 4.90 Å². The molecule has 0 atom stereocenters. The fourth-order valence-electron chi connectivity index (χ4n) is 2.34. The molecule has 1 fully saturated rings. The molecule has 0 radical (unpaired) electrons. The number of carbonyl (C=O) groups excluding carboxylic acids is 2. The summed E-state index contributed by atoms with van der Waals surface area (Å²) < 4.78 is 13.5. The summed E-state index contributed by atoms with van der Waals surface area (Å²) in [7, 11) is 0. The normalized spacial score (nSPS) is 16.7. The zero-order chi connectivity index (χ0) is 13.1. The molecule has 0 N–H and O–H groups in total. The average molecular weight is 249 g/mol. The van der Waals surface area contributed by atoms with Crippen molar-refractivity contribution in [1.82, 2.24) is 4.90 Å². The van der Waals surface area contributed by atoms with Gasteiger partial charge >= 0.3 is 0 Å². The van der Waals surface area contributed by atoms with E-state index in [9.17, 15) is 14.0 Å². The minimum absolute atomic E-state index is 0.0341. The number of carbonyl (C=O) groups is 2. The lowest BCUT2D eigenvalue weighted by Crippen LogP contribution is -2.39. The van der Waals surface area contributed by atoms with Gasteiger partial charge in [0.05, 0.1) is 5.56 Å². The Morgan fingerprint density at radius 3 is 2.39 bits per heavy atom. The van der Waals surface area contributed by atoms with Crippen LogP contribution in [0, 0.1) is 11.7 Å². The van der Waals surface area contributed by atoms with E-state index in [-0.39, 0.29) is 23.2 Å². The van der Waals surface area contributed by atoms with Crippen molar-refractivity contribution in [1.29, 1.82) is 0 Å². The number of piperidine rings is 1. The highest BCUT2D eigenvalue weighted by atomic mass is 19.1. The molecule has 1 saturated heterocycles. The molecule has 1 amide bonds. The molecule has 1 heterocycles. The van der Waals surface area contributed by atoms with Gasteiger partial charge in [-0.05, 0) is 25.0 Å². The molecule has 0 spiro atoms. The zero-order valence-electron chi connectivity index (χ0n) is 10.4. The fourth-order valence-corrected chi connectivity index (χ4v) is 2.34. The van der Waals surface area contributed by atoms with E-state index in [2.05, 4.69) is 0 Å². The maximum absolute atomic E-state index is 13.5. The van der Waals surface area contributed by atoms with Gasteiger partial charge in [-0.1, -0.05) is 12.1 Å². The van der Waals surface area contributed by atoms with Crippen molar-refractivity contribution in [2.45, 2.75) is 19.8 Å². The van der Waals surface area contributed by atoms with Crippen LogP contribution in [0.5, 0.6) is 0 Å². The summed E-state index contributed by atoms with van der Waals surface area (Å²) in [5.74, 6) is -0.739. The molecule has 0 bridgehead atoms. The van der Waals surface area contributed by atoms with E-state index in [4.69, 9.17) is 0 Å². The topological polar surface area (TPSA) is 37.4 Å². The number of benzene rings is 1. The van der Waals surface area contributed by atoms with Crippen LogP contribution in [-0.4, -0.2) is 29.7 Å². The number of hydrogen-bond acceptors (Lipinski definition) is 2. The SMILES string of the molecule is CC(=O)N1CCC(C(=O)c2ccccc2F)CC1. The molecule has 0 aromatic heterocycles. The molecule has 1 aromatic rings. The number of ketones is 1. The van der Waals surface area contributed by atoms with Gasteiger partial charge in [0.1, 0.15) is 5.82 Å². The summed E-state index contributed by atoms with van der Waals surface area (Å²) in [6.45, 7) is 2.69. The second kappa shape index (κ2) is 5.29. The third-order valence-corrected chi connectivity index (χ3v) is 3.45. The number of likely N-dealkylation sites (tertiary alicyclic amines) is 1. The molecule has 18 heavy (non-hydrogen) atoms. The van der Waals surface area contributed by atoms with Crippen LogP contribution in [0.3, 0.4) is 0 Å². The van der Waals surface area contributed by atoms with E-state index < -0.39 is 5.82 Å². The third kappa shape index (κ3) is 2.58. The number of hydrogen-bond donors (Lipinski definition) is 0. The molecule has 1 aromatic carbocycles. The van der Waals surface area contributed by atoms with Crippen molar-refractivity contribution in [3.8, 4) is 0 Å². The van der Waals surface area contributed by atoms with Crippen molar-refractivity contribution in [2.75, 3.05) is 13.1 Å². The third-order valence-electron chi connectivity index (χ3n) is 3.45. The van der Waals surface area contributed by atoms with Gasteiger partial charge in [-0.25, -0.2) is 4.39 Å². The molecule has 3 nitrogen and oxygen atoms in total. The van der Waals surface area contributed by atoms with Gasteiger partial charge in [0.15, 0.2) is 5.78 Å². The van der Waals surface area contributed by atoms with E-state index in [0.29, 0.717) is 25.9 Å². The highest BCUT2D eigenvalue weighted by molar-refractivity contribution is 5.98. The van der Waals surface area contributed by atoms with Crippen LogP contribution in [0.4, 0.5) is 4.39 Å². The van der Waals surface area contributed by atoms with Gasteiger partial charge in [0.2, 0.25) is 5.91 Å². The lowest BCUT2D eigenvalue weighted by atomic mass is 9.88. The largest absolute Gasteiger partial charge is 0.343 e. The molecule has 0 aliphatic carbocycles. The van der Waals surface area contributed by atoms with Crippen molar-refractivity contribution in [2.24, 2.45) is 5.92 Å². The van der Waals surface area contributed by atoms with E-state index in [0.717, 1.165) is 0 Å². The Morgan fingerprint density at radius 2 is 1.83 bits per heavy atom. The first kappa shape index (κ1) is 12.7. The Morgan fingerprint density at radius 1 is 1.22 bits per heavy atom. The number of Topliss-reactive ketones (excluding diaryl/α,β-unsaturated/α-hetero) is 1. The number of amides is 1. The van der Waals surface area contributed by atoms with E-state index >= 15 is 0 Å². The summed E-state index contributed by atoms with van der Waals surface area (Å²) >= 11 is 0. The molecular weight excluding hydrogens is 233 g/mol. The Labute approximate surface area is 106 Å². The second-order valence-corrected chi connectivity index (χ2v) is 4.62. The average Bonchev–Trinajstić information content (AvgIpc) is 2.38. The molecule has 0 saturated carbocycles. The number of halogens is 1. The summed E-state index contributed by atoms with van der Waals surface area (Å²) in [5.41, 5.74) is 0.166. The predicted molar refractivity (Wildman–Crippen MR) is 65.7 cm³/mol. The summed E-state index contributed by atoms with van der Waals surface area (Å²) in [6, 6.07) is 6.07. The van der Waals surface area contributed by atoms with Crippen molar-refractivity contribution in [3.63, 3.8) is 0 Å². The van der Waals surface area contributed by atoms with E-state index in [1.807, 2.05) is 0 Å². The standard InChI is InChI=1S/C14H16FNO2/c1-10(17)16-8-6-11(7-9-16)14(18)12-4-2-3-5-13(12)15/h2-5,11H,6-9H2,1H3. The van der Waals surface area contributed by atoms with Crippen LogP contribution < -0.4 is 0 Å². The molecular formula is C14H16FNO2. The number of rotatable bonds is 2. The zero-order valence-corrected chi connectivity index (χ0v) is 10.4. The first-order chi connectivity index (χ1) is 8.59. The lowest BCUT2D eigenvalue weighted by molar-refractivity contribution is -0.130. The second-order valence-electron chi connectivity index (χ2n) is 4.62. The molecule has 0 unspecified atom stereocenters. The lowest BCUT2D eigenvalue weighted by Gasteiger charge is -2.30. The van der Waals surface area contributed by atoms with Crippen LogP contribution >= 0.6 is 0 Å². The van der Waals surface area contributed by atoms with Crippen LogP contribution in [-0.2, 0) is 4.79 Å². The van der Waals surface area contributed by atoms with E-state index in [1.165, 1.54) is 19.1 Å². The van der Waals surface area contributed by atoms with Gasteiger partial charge in [0, 0.05) is 25.9 Å². The minimum Gasteiger partial charge on any atom is -0.343 e. The van der Waals surface area contributed by atoms with Gasteiger partial charge in [-0.2, -0.15) is 0 Å². The van der Waals surface area contributed by atoms with Gasteiger partial charge in [-0.15, -0.1) is 0 Å². The molecule has 4 heteroatoms. The number of nitrogens with zero attached hydrogens (tertiary/aromatic N) is 1. The molecule has 96 valence electrons. The van der Waals surface area contributed by atoms with Crippen molar-refractivity contribution in [3.05, 3.63) is 35.6 Å². The van der Waals surface area contributed by atoms with E-state index in [1.54, 1.807) is 17.0 Å². The molecule has 1 aliphatic heterocycles. The smallest absolute Gasteiger partial charge is 0.219 e. The van der Waals surface area contributed by atoms with Crippen LogP contribution in [0.15, 0.2) is 24.3 Å². The summed E-state index contributed by atoms with van der Waals surface area (Å²) in [4.78, 5) is 25.1.